The largest absolute Gasteiger partial charge is 0.355 e. The summed E-state index contributed by atoms with van der Waals surface area (Å²) in [5.74, 6) is 0. The van der Waals surface area contributed by atoms with Crippen molar-refractivity contribution in [2.75, 3.05) is 0 Å². The third kappa shape index (κ3) is 3.56. The molecule has 4 rings (SSSR count). The highest BCUT2D eigenvalue weighted by molar-refractivity contribution is 5.89. The van der Waals surface area contributed by atoms with Crippen molar-refractivity contribution in [3.8, 4) is 0 Å². The van der Waals surface area contributed by atoms with E-state index in [-0.39, 0.29) is 0 Å². The Morgan fingerprint density at radius 3 is 2.30 bits per heavy atom. The molecule has 0 aliphatic heterocycles. The molecule has 0 bridgehead atoms. The lowest BCUT2D eigenvalue weighted by molar-refractivity contribution is 0.976. The second-order valence-electron chi connectivity index (χ2n) is 5.08. The van der Waals surface area contributed by atoms with Crippen molar-refractivity contribution < 1.29 is 0 Å². The molecule has 1 nitrogen and oxygen atoms in total. The summed E-state index contributed by atoms with van der Waals surface area (Å²) in [6.45, 7) is 8.00. The quantitative estimate of drug-likeness (QED) is 0.521. The van der Waals surface area contributed by atoms with Crippen LogP contribution in [0.5, 0.6) is 0 Å². The Bertz CT molecular complexity index is 744. The van der Waals surface area contributed by atoms with E-state index in [1.54, 1.807) is 0 Å². The van der Waals surface area contributed by atoms with Crippen LogP contribution in [0.15, 0.2) is 60.7 Å². The van der Waals surface area contributed by atoms with E-state index in [1.807, 2.05) is 27.7 Å². The number of aromatic nitrogens is 1. The van der Waals surface area contributed by atoms with Crippen LogP contribution >= 0.6 is 0 Å². The van der Waals surface area contributed by atoms with Crippen molar-refractivity contribution in [2.24, 2.45) is 0 Å². The molecule has 1 N–H and O–H groups in total. The molecule has 1 aliphatic rings. The van der Waals surface area contributed by atoms with Gasteiger partial charge in [-0.3, -0.25) is 0 Å². The first-order chi connectivity index (χ1) is 11.4. The van der Waals surface area contributed by atoms with Crippen LogP contribution in [0.25, 0.3) is 16.5 Å². The summed E-state index contributed by atoms with van der Waals surface area (Å²) in [5, 5.41) is 1.28. The maximum atomic E-state index is 3.54. The Labute approximate surface area is 140 Å². The van der Waals surface area contributed by atoms with Gasteiger partial charge in [0.05, 0.1) is 0 Å². The lowest BCUT2D eigenvalue weighted by Gasteiger charge is -2.16. The van der Waals surface area contributed by atoms with Crippen LogP contribution in [0, 0.1) is 0 Å². The van der Waals surface area contributed by atoms with Crippen LogP contribution in [-0.2, 0) is 6.42 Å². The standard InChI is InChI=1S/C18H15N.2C2H6/c1-3-9-15-13(6-1)8-5-10-16(15)18-12-14-7-2-4-11-17(14)19-18;2*1-2/h1-4,6-7,9-12,19H,5,8H2;2*1-2H3. The third-order valence-electron chi connectivity index (χ3n) is 3.89. The van der Waals surface area contributed by atoms with Crippen molar-refractivity contribution in [2.45, 2.75) is 40.5 Å². The number of H-pyrrole nitrogens is 1. The summed E-state index contributed by atoms with van der Waals surface area (Å²) in [6.07, 6.45) is 4.63. The molecule has 1 heterocycles. The summed E-state index contributed by atoms with van der Waals surface area (Å²) >= 11 is 0. The maximum absolute atomic E-state index is 3.54. The van der Waals surface area contributed by atoms with Crippen molar-refractivity contribution in [3.05, 3.63) is 77.5 Å². The third-order valence-corrected chi connectivity index (χ3v) is 3.89. The fourth-order valence-corrected chi connectivity index (χ4v) is 2.96. The highest BCUT2D eigenvalue weighted by atomic mass is 14.7. The van der Waals surface area contributed by atoms with Crippen molar-refractivity contribution in [3.63, 3.8) is 0 Å². The molecule has 0 unspecified atom stereocenters. The summed E-state index contributed by atoms with van der Waals surface area (Å²) in [4.78, 5) is 3.54. The highest BCUT2D eigenvalue weighted by Gasteiger charge is 2.14. The predicted octanol–water partition coefficient (Wildman–Crippen LogP) is 6.60. The Balaban J connectivity index is 0.000000448. The minimum Gasteiger partial charge on any atom is -0.355 e. The Morgan fingerprint density at radius 2 is 1.52 bits per heavy atom. The van der Waals surface area contributed by atoms with E-state index in [4.69, 9.17) is 0 Å². The molecule has 0 saturated heterocycles. The molecule has 120 valence electrons. The zero-order valence-electron chi connectivity index (χ0n) is 14.7. The van der Waals surface area contributed by atoms with E-state index in [0.717, 1.165) is 12.8 Å². The summed E-state index contributed by atoms with van der Waals surface area (Å²) in [5.41, 5.74) is 6.62. The molecule has 0 fully saturated rings. The second kappa shape index (κ2) is 8.38. The first-order valence-corrected chi connectivity index (χ1v) is 8.78. The lowest BCUT2D eigenvalue weighted by atomic mass is 9.89. The molecule has 23 heavy (non-hydrogen) atoms. The van der Waals surface area contributed by atoms with E-state index in [9.17, 15) is 0 Å². The van der Waals surface area contributed by atoms with Crippen LogP contribution in [-0.4, -0.2) is 4.98 Å². The molecule has 2 aromatic carbocycles. The van der Waals surface area contributed by atoms with Gasteiger partial charge in [0.1, 0.15) is 0 Å². The smallest absolute Gasteiger partial charge is 0.0467 e. The molecule has 0 radical (unpaired) electrons. The Hall–Kier alpha value is -2.28. The number of hydrogen-bond donors (Lipinski definition) is 1. The Morgan fingerprint density at radius 1 is 0.826 bits per heavy atom. The Kier molecular flexibility index (Phi) is 6.22. The lowest BCUT2D eigenvalue weighted by Crippen LogP contribution is -2.00. The monoisotopic (exact) mass is 305 g/mol. The minimum absolute atomic E-state index is 1.13. The zero-order chi connectivity index (χ0) is 16.7. The fourth-order valence-electron chi connectivity index (χ4n) is 2.96. The molecule has 0 spiro atoms. The average Bonchev–Trinajstić information content (AvgIpc) is 3.08. The van der Waals surface area contributed by atoms with Gasteiger partial charge in [0.25, 0.3) is 0 Å². The number of fused-ring (bicyclic) bond motifs is 2. The van der Waals surface area contributed by atoms with Crippen molar-refractivity contribution >= 4 is 16.5 Å². The summed E-state index contributed by atoms with van der Waals surface area (Å²) < 4.78 is 0. The van der Waals surface area contributed by atoms with Gasteiger partial charge in [-0.05, 0) is 36.1 Å². The normalized spacial score (nSPS) is 12.3. The molecule has 0 saturated carbocycles. The van der Waals surface area contributed by atoms with E-state index >= 15 is 0 Å². The molecule has 3 aromatic rings. The van der Waals surface area contributed by atoms with Gasteiger partial charge >= 0.3 is 0 Å². The van der Waals surface area contributed by atoms with Crippen LogP contribution in [0.3, 0.4) is 0 Å². The van der Waals surface area contributed by atoms with Gasteiger partial charge in [-0.25, -0.2) is 0 Å². The highest BCUT2D eigenvalue weighted by Crippen LogP contribution is 2.32. The van der Waals surface area contributed by atoms with Gasteiger partial charge in [0, 0.05) is 22.2 Å². The first-order valence-electron chi connectivity index (χ1n) is 8.78. The zero-order valence-corrected chi connectivity index (χ0v) is 14.7. The molecule has 1 aromatic heterocycles. The van der Waals surface area contributed by atoms with E-state index in [0.29, 0.717) is 0 Å². The topological polar surface area (TPSA) is 15.8 Å². The van der Waals surface area contributed by atoms with E-state index in [2.05, 4.69) is 65.7 Å². The maximum Gasteiger partial charge on any atom is 0.0467 e. The number of nitrogens with one attached hydrogen (secondary N) is 1. The first kappa shape index (κ1) is 17.1. The molecule has 1 aliphatic carbocycles. The molecule has 1 heteroatoms. The van der Waals surface area contributed by atoms with Gasteiger partial charge in [-0.15, -0.1) is 0 Å². The number of allylic oxidation sites excluding steroid dienone is 1. The molecule has 0 atom stereocenters. The summed E-state index contributed by atoms with van der Waals surface area (Å²) in [6, 6.07) is 19.4. The number of para-hydroxylation sites is 1. The van der Waals surface area contributed by atoms with Crippen LogP contribution < -0.4 is 0 Å². The van der Waals surface area contributed by atoms with Crippen molar-refractivity contribution in [1.82, 2.24) is 4.98 Å². The van der Waals surface area contributed by atoms with Crippen LogP contribution in [0.4, 0.5) is 0 Å². The van der Waals surface area contributed by atoms with Crippen LogP contribution in [0.2, 0.25) is 0 Å². The second-order valence-corrected chi connectivity index (χ2v) is 5.08. The SMILES string of the molecule is C1=C(c2cc3ccccc3[nH]2)c2ccccc2CC1.CC.CC. The van der Waals surface area contributed by atoms with Gasteiger partial charge in [0.2, 0.25) is 0 Å². The van der Waals surface area contributed by atoms with Gasteiger partial charge in [-0.2, -0.15) is 0 Å². The van der Waals surface area contributed by atoms with E-state index in [1.165, 1.54) is 33.3 Å². The van der Waals surface area contributed by atoms with Gasteiger partial charge in [-0.1, -0.05) is 76.2 Å². The van der Waals surface area contributed by atoms with Gasteiger partial charge in [0.15, 0.2) is 0 Å². The number of hydrogen-bond acceptors (Lipinski definition) is 0. The molecule has 0 amide bonds. The molecular weight excluding hydrogens is 278 g/mol. The number of rotatable bonds is 1. The molecular formula is C22H27N. The minimum atomic E-state index is 1.13. The average molecular weight is 305 g/mol. The fraction of sp³-hybridized carbons (Fsp3) is 0.273. The van der Waals surface area contributed by atoms with Gasteiger partial charge < -0.3 is 4.98 Å². The predicted molar refractivity (Wildman–Crippen MR) is 103 cm³/mol. The number of aromatic amines is 1. The van der Waals surface area contributed by atoms with Crippen molar-refractivity contribution in [1.29, 1.82) is 0 Å². The number of benzene rings is 2. The summed E-state index contributed by atoms with van der Waals surface area (Å²) in [7, 11) is 0. The van der Waals surface area contributed by atoms with Crippen LogP contribution in [0.1, 0.15) is 50.9 Å². The number of aryl methyl sites for hydroxylation is 1. The van der Waals surface area contributed by atoms with E-state index < -0.39 is 0 Å².